The molecule has 1 aliphatic rings. The van der Waals surface area contributed by atoms with Gasteiger partial charge in [-0.2, -0.15) is 0 Å². The van der Waals surface area contributed by atoms with E-state index in [1.165, 1.54) is 17.0 Å². The topological polar surface area (TPSA) is 52.6 Å². The fourth-order valence-corrected chi connectivity index (χ4v) is 2.30. The summed E-state index contributed by atoms with van der Waals surface area (Å²) in [7, 11) is 1.61. The highest BCUT2D eigenvalue weighted by Crippen LogP contribution is 2.32. The van der Waals surface area contributed by atoms with Gasteiger partial charge in [-0.15, -0.1) is 0 Å². The van der Waals surface area contributed by atoms with Crippen molar-refractivity contribution in [1.82, 2.24) is 4.90 Å². The lowest BCUT2D eigenvalue weighted by molar-refractivity contribution is 0.117. The second-order valence-corrected chi connectivity index (χ2v) is 5.79. The fraction of sp³-hybridized carbons (Fsp3) is 0.462. The zero-order chi connectivity index (χ0) is 14.0. The standard InChI is InChI=1S/C13H16BrFN2O2/c1-17(7-12(18)8-2-3-8)13(19)16-11-5-9(14)4-10(15)6-11/h4-6,8,12,18H,2-3,7H2,1H3,(H,16,19)/t12-/m0/s1. The maximum atomic E-state index is 13.2. The molecule has 0 unspecified atom stereocenters. The average Bonchev–Trinajstić information content (AvgIpc) is 3.10. The molecule has 0 radical (unpaired) electrons. The second kappa shape index (κ2) is 5.88. The van der Waals surface area contributed by atoms with Crippen molar-refractivity contribution < 1.29 is 14.3 Å². The highest BCUT2D eigenvalue weighted by Gasteiger charge is 2.31. The van der Waals surface area contributed by atoms with Crippen LogP contribution in [0.15, 0.2) is 22.7 Å². The number of aliphatic hydroxyl groups excluding tert-OH is 1. The number of likely N-dealkylation sites (N-methyl/N-ethyl adjacent to an activating group) is 1. The van der Waals surface area contributed by atoms with Crippen LogP contribution in [0.3, 0.4) is 0 Å². The van der Waals surface area contributed by atoms with E-state index in [1.54, 1.807) is 13.1 Å². The van der Waals surface area contributed by atoms with Gasteiger partial charge in [0.05, 0.1) is 6.10 Å². The van der Waals surface area contributed by atoms with Gasteiger partial charge in [0.2, 0.25) is 0 Å². The number of halogens is 2. The number of rotatable bonds is 4. The molecule has 6 heteroatoms. The molecule has 2 N–H and O–H groups in total. The number of hydrogen-bond acceptors (Lipinski definition) is 2. The first-order valence-corrected chi connectivity index (χ1v) is 6.91. The minimum absolute atomic E-state index is 0.285. The molecule has 0 aliphatic heterocycles. The predicted molar refractivity (Wildman–Crippen MR) is 74.5 cm³/mol. The molecule has 4 nitrogen and oxygen atoms in total. The Balaban J connectivity index is 1.91. The quantitative estimate of drug-likeness (QED) is 0.891. The third kappa shape index (κ3) is 4.18. The molecule has 19 heavy (non-hydrogen) atoms. The Morgan fingerprint density at radius 2 is 2.26 bits per heavy atom. The Labute approximate surface area is 119 Å². The monoisotopic (exact) mass is 330 g/mol. The molecular formula is C13H16BrFN2O2. The minimum Gasteiger partial charge on any atom is -0.391 e. The highest BCUT2D eigenvalue weighted by molar-refractivity contribution is 9.10. The van der Waals surface area contributed by atoms with Crippen molar-refractivity contribution in [2.75, 3.05) is 18.9 Å². The molecule has 0 bridgehead atoms. The molecule has 1 aliphatic carbocycles. The smallest absolute Gasteiger partial charge is 0.321 e. The molecular weight excluding hydrogens is 315 g/mol. The summed E-state index contributed by atoms with van der Waals surface area (Å²) >= 11 is 3.16. The maximum absolute atomic E-state index is 13.2. The Morgan fingerprint density at radius 3 is 2.84 bits per heavy atom. The van der Waals surface area contributed by atoms with Crippen molar-refractivity contribution >= 4 is 27.6 Å². The Bertz CT molecular complexity index is 459. The minimum atomic E-state index is -0.477. The fourth-order valence-electron chi connectivity index (χ4n) is 1.84. The summed E-state index contributed by atoms with van der Waals surface area (Å²) < 4.78 is 13.7. The first kappa shape index (κ1) is 14.3. The summed E-state index contributed by atoms with van der Waals surface area (Å²) in [6.07, 6.45) is 1.57. The number of anilines is 1. The Kier molecular flexibility index (Phi) is 4.42. The zero-order valence-corrected chi connectivity index (χ0v) is 12.2. The van der Waals surface area contributed by atoms with Crippen LogP contribution in [0.5, 0.6) is 0 Å². The van der Waals surface area contributed by atoms with Gasteiger partial charge in [-0.3, -0.25) is 0 Å². The normalized spacial score (nSPS) is 16.0. The molecule has 1 aromatic rings. The number of urea groups is 1. The van der Waals surface area contributed by atoms with Crippen LogP contribution in [0.4, 0.5) is 14.9 Å². The number of nitrogens with zero attached hydrogens (tertiary/aromatic N) is 1. The van der Waals surface area contributed by atoms with Crippen LogP contribution in [0.2, 0.25) is 0 Å². The summed E-state index contributed by atoms with van der Waals surface area (Å²) in [4.78, 5) is 13.3. The first-order valence-electron chi connectivity index (χ1n) is 6.12. The van der Waals surface area contributed by atoms with E-state index in [9.17, 15) is 14.3 Å². The molecule has 0 aromatic heterocycles. The van der Waals surface area contributed by atoms with Crippen molar-refractivity contribution in [2.24, 2.45) is 5.92 Å². The van der Waals surface area contributed by atoms with E-state index < -0.39 is 11.9 Å². The number of amides is 2. The van der Waals surface area contributed by atoms with Gasteiger partial charge < -0.3 is 15.3 Å². The lowest BCUT2D eigenvalue weighted by Gasteiger charge is -2.21. The number of carbonyl (C=O) groups excluding carboxylic acids is 1. The summed E-state index contributed by atoms with van der Waals surface area (Å²) in [5.74, 6) is -0.107. The SMILES string of the molecule is CN(C[C@H](O)C1CC1)C(=O)Nc1cc(F)cc(Br)c1. The van der Waals surface area contributed by atoms with E-state index in [4.69, 9.17) is 0 Å². The van der Waals surface area contributed by atoms with Gasteiger partial charge in [-0.25, -0.2) is 9.18 Å². The maximum Gasteiger partial charge on any atom is 0.321 e. The summed E-state index contributed by atoms with van der Waals surface area (Å²) in [5.41, 5.74) is 0.379. The number of benzene rings is 1. The second-order valence-electron chi connectivity index (χ2n) is 4.87. The van der Waals surface area contributed by atoms with Crippen LogP contribution in [-0.2, 0) is 0 Å². The van der Waals surface area contributed by atoms with E-state index in [-0.39, 0.29) is 12.6 Å². The zero-order valence-electron chi connectivity index (χ0n) is 10.6. The molecule has 104 valence electrons. The molecule has 2 amide bonds. The molecule has 1 atom stereocenters. The summed E-state index contributed by atoms with van der Waals surface area (Å²) in [5, 5.41) is 12.4. The highest BCUT2D eigenvalue weighted by atomic mass is 79.9. The van der Waals surface area contributed by atoms with Crippen molar-refractivity contribution in [3.05, 3.63) is 28.5 Å². The van der Waals surface area contributed by atoms with Crippen LogP contribution >= 0.6 is 15.9 Å². The first-order chi connectivity index (χ1) is 8.95. The van der Waals surface area contributed by atoms with Gasteiger partial charge in [-0.05, 0) is 37.0 Å². The van der Waals surface area contributed by atoms with Gasteiger partial charge >= 0.3 is 6.03 Å². The van der Waals surface area contributed by atoms with E-state index in [0.717, 1.165) is 12.8 Å². The number of carbonyl (C=O) groups is 1. The average molecular weight is 331 g/mol. The van der Waals surface area contributed by atoms with Crippen LogP contribution in [0.25, 0.3) is 0 Å². The van der Waals surface area contributed by atoms with Gasteiger partial charge in [-0.1, -0.05) is 15.9 Å². The van der Waals surface area contributed by atoms with Crippen LogP contribution in [0.1, 0.15) is 12.8 Å². The molecule has 2 rings (SSSR count). The Hall–Kier alpha value is -1.14. The van der Waals surface area contributed by atoms with Gasteiger partial charge in [0, 0.05) is 23.8 Å². The third-order valence-corrected chi connectivity index (χ3v) is 3.55. The van der Waals surface area contributed by atoms with E-state index in [1.807, 2.05) is 0 Å². The van der Waals surface area contributed by atoms with Crippen LogP contribution in [0, 0.1) is 11.7 Å². The van der Waals surface area contributed by atoms with E-state index >= 15 is 0 Å². The largest absolute Gasteiger partial charge is 0.391 e. The van der Waals surface area contributed by atoms with Gasteiger partial charge in [0.25, 0.3) is 0 Å². The summed E-state index contributed by atoms with van der Waals surface area (Å²) in [6.45, 7) is 0.285. The number of hydrogen-bond donors (Lipinski definition) is 2. The van der Waals surface area contributed by atoms with Crippen LogP contribution < -0.4 is 5.32 Å². The number of nitrogens with one attached hydrogen (secondary N) is 1. The van der Waals surface area contributed by atoms with E-state index in [2.05, 4.69) is 21.2 Å². The van der Waals surface area contributed by atoms with Crippen LogP contribution in [-0.4, -0.2) is 35.7 Å². The number of aliphatic hydroxyl groups is 1. The summed E-state index contributed by atoms with van der Waals surface area (Å²) in [6, 6.07) is 3.81. The van der Waals surface area contributed by atoms with Crippen molar-refractivity contribution in [1.29, 1.82) is 0 Å². The van der Waals surface area contributed by atoms with Crippen molar-refractivity contribution in [3.8, 4) is 0 Å². The lowest BCUT2D eigenvalue weighted by Crippen LogP contribution is -2.38. The van der Waals surface area contributed by atoms with Crippen molar-refractivity contribution in [2.45, 2.75) is 18.9 Å². The van der Waals surface area contributed by atoms with E-state index in [0.29, 0.717) is 16.1 Å². The lowest BCUT2D eigenvalue weighted by atomic mass is 10.2. The molecule has 1 saturated carbocycles. The molecule has 0 heterocycles. The van der Waals surface area contributed by atoms with Gasteiger partial charge in [0.15, 0.2) is 0 Å². The Morgan fingerprint density at radius 1 is 1.58 bits per heavy atom. The van der Waals surface area contributed by atoms with Gasteiger partial charge in [0.1, 0.15) is 5.82 Å². The predicted octanol–water partition coefficient (Wildman–Crippen LogP) is 2.82. The third-order valence-electron chi connectivity index (χ3n) is 3.09. The van der Waals surface area contributed by atoms with Crippen molar-refractivity contribution in [3.63, 3.8) is 0 Å². The molecule has 0 spiro atoms. The molecule has 1 aromatic carbocycles. The molecule has 1 fully saturated rings. The molecule has 0 saturated heterocycles.